The van der Waals surface area contributed by atoms with E-state index < -0.39 is 5.97 Å². The number of aliphatic carboxylic acids is 1. The molecule has 1 aromatic heterocycles. The van der Waals surface area contributed by atoms with E-state index in [0.717, 1.165) is 34.7 Å². The summed E-state index contributed by atoms with van der Waals surface area (Å²) in [4.78, 5) is 15.5. The number of hydrogen-bond donors (Lipinski definition) is 3. The van der Waals surface area contributed by atoms with E-state index in [1.165, 1.54) is 0 Å². The molecule has 0 fully saturated rings. The van der Waals surface area contributed by atoms with Gasteiger partial charge in [-0.25, -0.2) is 4.98 Å². The van der Waals surface area contributed by atoms with E-state index in [9.17, 15) is 4.79 Å². The Labute approximate surface area is 182 Å². The lowest BCUT2D eigenvalue weighted by Crippen LogP contribution is -2.39. The van der Waals surface area contributed by atoms with Gasteiger partial charge >= 0.3 is 5.97 Å². The molecule has 3 aromatic rings. The zero-order chi connectivity index (χ0) is 21.6. The zero-order valence-corrected chi connectivity index (χ0v) is 17.5. The summed E-state index contributed by atoms with van der Waals surface area (Å²) in [5.74, 6) is 0.134. The third-order valence-corrected chi connectivity index (χ3v) is 5.54. The van der Waals surface area contributed by atoms with Gasteiger partial charge < -0.3 is 20.5 Å². The van der Waals surface area contributed by atoms with Crippen molar-refractivity contribution in [3.8, 4) is 0 Å². The second-order valence-corrected chi connectivity index (χ2v) is 7.91. The average Bonchev–Trinajstić information content (AvgIpc) is 2.79. The van der Waals surface area contributed by atoms with Crippen molar-refractivity contribution in [3.63, 3.8) is 0 Å². The van der Waals surface area contributed by atoms with Crippen LogP contribution in [0.2, 0.25) is 0 Å². The molecule has 0 saturated carbocycles. The van der Waals surface area contributed by atoms with Crippen molar-refractivity contribution in [2.24, 2.45) is 0 Å². The lowest BCUT2D eigenvalue weighted by Gasteiger charge is -2.34. The highest BCUT2D eigenvalue weighted by atomic mass is 16.5. The predicted octanol–water partition coefficient (Wildman–Crippen LogP) is 4.48. The molecule has 160 valence electrons. The maximum atomic E-state index is 11.0. The van der Waals surface area contributed by atoms with Gasteiger partial charge in [0.05, 0.1) is 24.8 Å². The molecule has 2 heterocycles. The van der Waals surface area contributed by atoms with Crippen molar-refractivity contribution in [1.29, 1.82) is 0 Å². The Balaban J connectivity index is 1.49. The summed E-state index contributed by atoms with van der Waals surface area (Å²) in [6, 6.07) is 21.9. The summed E-state index contributed by atoms with van der Waals surface area (Å²) < 4.78 is 6.47. The third-order valence-electron chi connectivity index (χ3n) is 5.54. The van der Waals surface area contributed by atoms with E-state index in [2.05, 4.69) is 34.7 Å². The first kappa shape index (κ1) is 20.9. The van der Waals surface area contributed by atoms with Crippen molar-refractivity contribution >= 4 is 17.5 Å². The molecule has 0 saturated heterocycles. The van der Waals surface area contributed by atoms with Crippen LogP contribution in [-0.4, -0.2) is 35.3 Å². The summed E-state index contributed by atoms with van der Waals surface area (Å²) in [6.45, 7) is 3.34. The minimum Gasteiger partial charge on any atom is -0.481 e. The number of fused-ring (bicyclic) bond motifs is 1. The Hall–Kier alpha value is -3.38. The number of nitrogens with zero attached hydrogens (tertiary/aromatic N) is 1. The fourth-order valence-corrected chi connectivity index (χ4v) is 3.91. The van der Waals surface area contributed by atoms with Gasteiger partial charge in [0, 0.05) is 18.7 Å². The monoisotopic (exact) mass is 417 g/mol. The van der Waals surface area contributed by atoms with Gasteiger partial charge in [-0.2, -0.15) is 0 Å². The molecule has 4 rings (SSSR count). The van der Waals surface area contributed by atoms with Crippen LogP contribution in [-0.2, 0) is 16.0 Å². The van der Waals surface area contributed by atoms with Crippen LogP contribution < -0.4 is 10.6 Å². The molecule has 3 N–H and O–H groups in total. The molecule has 0 aliphatic carbocycles. The normalized spacial score (nSPS) is 17.0. The van der Waals surface area contributed by atoms with Gasteiger partial charge in [-0.3, -0.25) is 4.79 Å². The smallest absolute Gasteiger partial charge is 0.307 e. The molecule has 3 atom stereocenters. The molecule has 0 spiro atoms. The van der Waals surface area contributed by atoms with Gasteiger partial charge in [0.25, 0.3) is 0 Å². The summed E-state index contributed by atoms with van der Waals surface area (Å²) in [5.41, 5.74) is 3.98. The van der Waals surface area contributed by atoms with Crippen LogP contribution in [0.25, 0.3) is 0 Å². The number of nitrogens with one attached hydrogen (secondary N) is 2. The van der Waals surface area contributed by atoms with Crippen molar-refractivity contribution < 1.29 is 14.6 Å². The molecular weight excluding hydrogens is 390 g/mol. The van der Waals surface area contributed by atoms with Crippen LogP contribution in [0.15, 0.2) is 72.9 Å². The first-order valence-electron chi connectivity index (χ1n) is 10.5. The van der Waals surface area contributed by atoms with Crippen molar-refractivity contribution in [3.05, 3.63) is 89.6 Å². The van der Waals surface area contributed by atoms with E-state index in [0.29, 0.717) is 6.61 Å². The minimum absolute atomic E-state index is 0.0235. The number of anilines is 2. The minimum atomic E-state index is -0.824. The van der Waals surface area contributed by atoms with Gasteiger partial charge in [0.2, 0.25) is 0 Å². The van der Waals surface area contributed by atoms with Gasteiger partial charge in [0.15, 0.2) is 0 Å². The molecule has 6 nitrogen and oxygen atoms in total. The summed E-state index contributed by atoms with van der Waals surface area (Å²) in [6.07, 6.45) is 1.65. The van der Waals surface area contributed by atoms with Crippen molar-refractivity contribution in [2.45, 2.75) is 31.4 Å². The topological polar surface area (TPSA) is 83.5 Å². The standard InChI is InChI=1S/C25H27N3O3/c1-17(20-10-5-7-18(13-20)14-23(29)30)16-31-24(19-8-3-2-4-9-19)22-15-27-21-11-6-12-26-25(21)28-22/h2-13,17,22,24,27H,14-16H2,1H3,(H,26,28)(H,29,30)/t17?,22-,24-/m1/s1. The molecule has 31 heavy (non-hydrogen) atoms. The molecule has 1 aliphatic rings. The summed E-state index contributed by atoms with van der Waals surface area (Å²) in [7, 11) is 0. The third kappa shape index (κ3) is 5.22. The first-order valence-corrected chi connectivity index (χ1v) is 10.5. The largest absolute Gasteiger partial charge is 0.481 e. The number of aromatic nitrogens is 1. The molecule has 2 aromatic carbocycles. The van der Waals surface area contributed by atoms with E-state index in [4.69, 9.17) is 9.84 Å². The number of carboxylic acid groups (broad SMARTS) is 1. The highest BCUT2D eigenvalue weighted by Crippen LogP contribution is 2.31. The predicted molar refractivity (Wildman–Crippen MR) is 121 cm³/mol. The van der Waals surface area contributed by atoms with Gasteiger partial charge in [0.1, 0.15) is 11.9 Å². The van der Waals surface area contributed by atoms with E-state index in [1.54, 1.807) is 6.20 Å². The maximum Gasteiger partial charge on any atom is 0.307 e. The van der Waals surface area contributed by atoms with Crippen molar-refractivity contribution in [2.75, 3.05) is 23.8 Å². The number of hydrogen-bond acceptors (Lipinski definition) is 5. The number of ether oxygens (including phenoxy) is 1. The number of carboxylic acids is 1. The number of pyridine rings is 1. The molecular formula is C25H27N3O3. The van der Waals surface area contributed by atoms with Gasteiger partial charge in [-0.15, -0.1) is 0 Å². The van der Waals surface area contributed by atoms with Crippen LogP contribution in [0.4, 0.5) is 11.5 Å². The summed E-state index contributed by atoms with van der Waals surface area (Å²) >= 11 is 0. The lowest BCUT2D eigenvalue weighted by atomic mass is 9.97. The quantitative estimate of drug-likeness (QED) is 0.501. The maximum absolute atomic E-state index is 11.0. The Kier molecular flexibility index (Phi) is 6.48. The fraction of sp³-hybridized carbons (Fsp3) is 0.280. The Morgan fingerprint density at radius 1 is 1.13 bits per heavy atom. The second-order valence-electron chi connectivity index (χ2n) is 7.91. The number of rotatable bonds is 8. The van der Waals surface area contributed by atoms with E-state index >= 15 is 0 Å². The van der Waals surface area contributed by atoms with Crippen LogP contribution in [0.5, 0.6) is 0 Å². The van der Waals surface area contributed by atoms with Crippen molar-refractivity contribution in [1.82, 2.24) is 4.98 Å². The fourth-order valence-electron chi connectivity index (χ4n) is 3.91. The molecule has 1 aliphatic heterocycles. The molecule has 0 radical (unpaired) electrons. The SMILES string of the molecule is CC(CO[C@H](c1ccccc1)[C@H]1CNc2cccnc2N1)c1cccc(CC(=O)O)c1. The lowest BCUT2D eigenvalue weighted by molar-refractivity contribution is -0.136. The van der Waals surface area contributed by atoms with Gasteiger partial charge in [-0.05, 0) is 28.8 Å². The summed E-state index contributed by atoms with van der Waals surface area (Å²) in [5, 5.41) is 16.0. The molecule has 0 amide bonds. The van der Waals surface area contributed by atoms with Crippen LogP contribution in [0.3, 0.4) is 0 Å². The Bertz CT molecular complexity index is 1030. The molecule has 0 bridgehead atoms. The highest BCUT2D eigenvalue weighted by molar-refractivity contribution is 5.70. The highest BCUT2D eigenvalue weighted by Gasteiger charge is 2.28. The molecule has 6 heteroatoms. The van der Waals surface area contributed by atoms with Crippen LogP contribution in [0, 0.1) is 0 Å². The number of benzene rings is 2. The van der Waals surface area contributed by atoms with Crippen LogP contribution >= 0.6 is 0 Å². The van der Waals surface area contributed by atoms with Crippen LogP contribution in [0.1, 0.15) is 35.6 Å². The Morgan fingerprint density at radius 3 is 2.74 bits per heavy atom. The van der Waals surface area contributed by atoms with Gasteiger partial charge in [-0.1, -0.05) is 61.5 Å². The number of carbonyl (C=O) groups is 1. The molecule has 1 unspecified atom stereocenters. The van der Waals surface area contributed by atoms with E-state index in [-0.39, 0.29) is 24.5 Å². The Morgan fingerprint density at radius 2 is 1.94 bits per heavy atom. The second kappa shape index (κ2) is 9.62. The van der Waals surface area contributed by atoms with E-state index in [1.807, 2.05) is 54.6 Å². The average molecular weight is 418 g/mol. The zero-order valence-electron chi connectivity index (χ0n) is 17.5. The first-order chi connectivity index (χ1) is 15.1.